The predicted octanol–water partition coefficient (Wildman–Crippen LogP) is -1.74. The van der Waals surface area contributed by atoms with Crippen LogP contribution < -0.4 is 5.73 Å². The Hall–Kier alpha value is -1.14. The van der Waals surface area contributed by atoms with E-state index in [4.69, 9.17) is 15.6 Å². The molecule has 0 spiro atoms. The van der Waals surface area contributed by atoms with E-state index in [-0.39, 0.29) is 0 Å². The van der Waals surface area contributed by atoms with Crippen LogP contribution in [0.5, 0.6) is 0 Å². The molecule has 1 saturated heterocycles. The highest BCUT2D eigenvalue weighted by Gasteiger charge is 2.31. The van der Waals surface area contributed by atoms with Crippen molar-refractivity contribution in [1.82, 2.24) is 4.90 Å². The Morgan fingerprint density at radius 3 is 2.31 bits per heavy atom. The first kappa shape index (κ1) is 9.94. The minimum Gasteiger partial charge on any atom is -0.480 e. The SMILES string of the molecule is NC(=O)C(C(=O)O)N1CCOCC1. The smallest absolute Gasteiger partial charge is 0.330 e. The van der Waals surface area contributed by atoms with E-state index in [9.17, 15) is 9.59 Å². The van der Waals surface area contributed by atoms with Crippen LogP contribution in [0.15, 0.2) is 0 Å². The monoisotopic (exact) mass is 188 g/mol. The van der Waals surface area contributed by atoms with Gasteiger partial charge in [0.05, 0.1) is 13.2 Å². The Bertz CT molecular complexity index is 199. The van der Waals surface area contributed by atoms with Crippen LogP contribution in [-0.4, -0.2) is 54.2 Å². The normalized spacial score (nSPS) is 20.9. The number of amides is 1. The third-order valence-corrected chi connectivity index (χ3v) is 1.91. The summed E-state index contributed by atoms with van der Waals surface area (Å²) in [6.45, 7) is 1.74. The first-order valence-corrected chi connectivity index (χ1v) is 3.97. The Labute approximate surface area is 75.3 Å². The van der Waals surface area contributed by atoms with E-state index >= 15 is 0 Å². The lowest BCUT2D eigenvalue weighted by molar-refractivity contribution is -0.149. The van der Waals surface area contributed by atoms with Gasteiger partial charge in [-0.3, -0.25) is 9.69 Å². The number of aliphatic carboxylic acids is 1. The molecule has 0 radical (unpaired) electrons. The summed E-state index contributed by atoms with van der Waals surface area (Å²) in [5.74, 6) is -2.02. The van der Waals surface area contributed by atoms with E-state index in [2.05, 4.69) is 0 Å². The molecule has 0 aromatic heterocycles. The molecule has 0 aromatic rings. The lowest BCUT2D eigenvalue weighted by Crippen LogP contribution is -2.53. The number of carbonyl (C=O) groups excluding carboxylic acids is 1. The molecule has 0 saturated carbocycles. The fourth-order valence-corrected chi connectivity index (χ4v) is 1.29. The number of carbonyl (C=O) groups is 2. The number of nitrogens with two attached hydrogens (primary N) is 1. The van der Waals surface area contributed by atoms with Gasteiger partial charge < -0.3 is 15.6 Å². The van der Waals surface area contributed by atoms with Crippen molar-refractivity contribution in [2.45, 2.75) is 6.04 Å². The fourth-order valence-electron chi connectivity index (χ4n) is 1.29. The highest BCUT2D eigenvalue weighted by Crippen LogP contribution is 2.03. The number of carboxylic acid groups (broad SMARTS) is 1. The Balaban J connectivity index is 2.62. The number of ether oxygens (including phenoxy) is 1. The molecule has 1 fully saturated rings. The molecule has 13 heavy (non-hydrogen) atoms. The molecule has 0 aliphatic carbocycles. The molecule has 6 heteroatoms. The van der Waals surface area contributed by atoms with Gasteiger partial charge in [0.15, 0.2) is 6.04 Å². The Kier molecular flexibility index (Phi) is 3.21. The largest absolute Gasteiger partial charge is 0.480 e. The minimum atomic E-state index is -1.22. The topological polar surface area (TPSA) is 92.9 Å². The zero-order valence-corrected chi connectivity index (χ0v) is 7.10. The van der Waals surface area contributed by atoms with E-state index < -0.39 is 17.9 Å². The second-order valence-electron chi connectivity index (χ2n) is 2.79. The molecular formula is C7H12N2O4. The third-order valence-electron chi connectivity index (χ3n) is 1.91. The van der Waals surface area contributed by atoms with Gasteiger partial charge in [-0.2, -0.15) is 0 Å². The first-order valence-electron chi connectivity index (χ1n) is 3.97. The molecule has 1 aliphatic rings. The summed E-state index contributed by atoms with van der Waals surface area (Å²) >= 11 is 0. The average Bonchev–Trinajstić information content (AvgIpc) is 2.04. The number of hydrogen-bond acceptors (Lipinski definition) is 4. The van der Waals surface area contributed by atoms with Crippen molar-refractivity contribution in [3.63, 3.8) is 0 Å². The summed E-state index contributed by atoms with van der Waals surface area (Å²) in [7, 11) is 0. The Morgan fingerprint density at radius 2 is 1.92 bits per heavy atom. The van der Waals surface area contributed by atoms with Crippen molar-refractivity contribution < 1.29 is 19.4 Å². The van der Waals surface area contributed by atoms with E-state index in [1.165, 1.54) is 4.90 Å². The summed E-state index contributed by atoms with van der Waals surface area (Å²) in [5.41, 5.74) is 4.97. The van der Waals surface area contributed by atoms with Gasteiger partial charge in [-0.05, 0) is 0 Å². The lowest BCUT2D eigenvalue weighted by Gasteiger charge is -2.29. The van der Waals surface area contributed by atoms with Gasteiger partial charge >= 0.3 is 5.97 Å². The summed E-state index contributed by atoms with van der Waals surface area (Å²) in [6, 6.07) is -1.22. The van der Waals surface area contributed by atoms with Crippen LogP contribution in [0.4, 0.5) is 0 Å². The molecule has 0 bridgehead atoms. The number of nitrogens with zero attached hydrogens (tertiary/aromatic N) is 1. The maximum atomic E-state index is 10.8. The molecular weight excluding hydrogens is 176 g/mol. The first-order chi connectivity index (χ1) is 6.13. The summed E-state index contributed by atoms with van der Waals surface area (Å²) in [5, 5.41) is 8.71. The molecule has 1 rings (SSSR count). The summed E-state index contributed by atoms with van der Waals surface area (Å²) in [6.07, 6.45) is 0. The lowest BCUT2D eigenvalue weighted by atomic mass is 10.2. The van der Waals surface area contributed by atoms with Gasteiger partial charge in [-0.25, -0.2) is 4.79 Å². The number of hydrogen-bond donors (Lipinski definition) is 2. The van der Waals surface area contributed by atoms with Crippen molar-refractivity contribution in [2.24, 2.45) is 5.73 Å². The number of rotatable bonds is 3. The second kappa shape index (κ2) is 4.20. The van der Waals surface area contributed by atoms with Crippen LogP contribution in [-0.2, 0) is 14.3 Å². The van der Waals surface area contributed by atoms with E-state index in [1.54, 1.807) is 0 Å². The van der Waals surface area contributed by atoms with Crippen LogP contribution in [0, 0.1) is 0 Å². The van der Waals surface area contributed by atoms with Crippen molar-refractivity contribution in [3.8, 4) is 0 Å². The number of morpholine rings is 1. The molecule has 6 nitrogen and oxygen atoms in total. The van der Waals surface area contributed by atoms with Gasteiger partial charge in [-0.1, -0.05) is 0 Å². The zero-order valence-electron chi connectivity index (χ0n) is 7.10. The molecule has 1 aliphatic heterocycles. The molecule has 1 unspecified atom stereocenters. The quantitative estimate of drug-likeness (QED) is 0.513. The molecule has 0 aromatic carbocycles. The van der Waals surface area contributed by atoms with Gasteiger partial charge in [0.25, 0.3) is 0 Å². The maximum Gasteiger partial charge on any atom is 0.330 e. The van der Waals surface area contributed by atoms with Crippen LogP contribution in [0.3, 0.4) is 0 Å². The third kappa shape index (κ3) is 2.40. The summed E-state index contributed by atoms with van der Waals surface area (Å²) < 4.78 is 5.02. The van der Waals surface area contributed by atoms with E-state index in [1.807, 2.05) is 0 Å². The van der Waals surface area contributed by atoms with Crippen LogP contribution in [0.2, 0.25) is 0 Å². The van der Waals surface area contributed by atoms with Crippen molar-refractivity contribution in [2.75, 3.05) is 26.3 Å². The minimum absolute atomic E-state index is 0.430. The Morgan fingerprint density at radius 1 is 1.38 bits per heavy atom. The highest BCUT2D eigenvalue weighted by molar-refractivity contribution is 6.00. The van der Waals surface area contributed by atoms with Gasteiger partial charge in [0.2, 0.25) is 5.91 Å². The van der Waals surface area contributed by atoms with Gasteiger partial charge in [-0.15, -0.1) is 0 Å². The zero-order chi connectivity index (χ0) is 9.84. The van der Waals surface area contributed by atoms with Crippen molar-refractivity contribution in [3.05, 3.63) is 0 Å². The number of carboxylic acids is 1. The molecule has 1 amide bonds. The average molecular weight is 188 g/mol. The molecule has 1 atom stereocenters. The fraction of sp³-hybridized carbons (Fsp3) is 0.714. The second-order valence-corrected chi connectivity index (χ2v) is 2.79. The molecule has 1 heterocycles. The van der Waals surface area contributed by atoms with E-state index in [0.29, 0.717) is 26.3 Å². The summed E-state index contributed by atoms with van der Waals surface area (Å²) in [4.78, 5) is 23.0. The van der Waals surface area contributed by atoms with E-state index in [0.717, 1.165) is 0 Å². The van der Waals surface area contributed by atoms with Crippen LogP contribution >= 0.6 is 0 Å². The predicted molar refractivity (Wildman–Crippen MR) is 43.0 cm³/mol. The molecule has 74 valence electrons. The van der Waals surface area contributed by atoms with Crippen molar-refractivity contribution in [1.29, 1.82) is 0 Å². The standard InChI is InChI=1S/C7H12N2O4/c8-6(10)5(7(11)12)9-1-3-13-4-2-9/h5H,1-4H2,(H2,8,10)(H,11,12). The van der Waals surface area contributed by atoms with Crippen molar-refractivity contribution >= 4 is 11.9 Å². The molecule has 3 N–H and O–H groups in total. The van der Waals surface area contributed by atoms with Gasteiger partial charge in [0, 0.05) is 13.1 Å². The number of primary amides is 1. The van der Waals surface area contributed by atoms with Crippen LogP contribution in [0.1, 0.15) is 0 Å². The maximum absolute atomic E-state index is 10.8. The van der Waals surface area contributed by atoms with Crippen LogP contribution in [0.25, 0.3) is 0 Å². The van der Waals surface area contributed by atoms with Gasteiger partial charge in [0.1, 0.15) is 0 Å². The highest BCUT2D eigenvalue weighted by atomic mass is 16.5.